The summed E-state index contributed by atoms with van der Waals surface area (Å²) in [7, 11) is 1.49. The lowest BCUT2D eigenvalue weighted by Crippen LogP contribution is -2.57. The van der Waals surface area contributed by atoms with Crippen LogP contribution >= 0.6 is 0 Å². The van der Waals surface area contributed by atoms with Gasteiger partial charge in [0.2, 0.25) is 0 Å². The molecule has 0 aromatic carbocycles. The van der Waals surface area contributed by atoms with Crippen LogP contribution in [0, 0.1) is 5.92 Å². The molecule has 2 atom stereocenters. The molecule has 1 fully saturated rings. The van der Waals surface area contributed by atoms with Gasteiger partial charge in [-0.3, -0.25) is 4.79 Å². The van der Waals surface area contributed by atoms with E-state index in [0.717, 1.165) is 0 Å². The first-order valence-electron chi connectivity index (χ1n) is 8.38. The highest BCUT2D eigenvalue weighted by atomic mass is 16.6. The number of likely N-dealkylation sites (tertiary alicyclic amines) is 1. The number of ether oxygens (including phenoxy) is 2. The minimum atomic E-state index is -0.996. The van der Waals surface area contributed by atoms with Crippen LogP contribution in [-0.2, 0) is 14.3 Å². The van der Waals surface area contributed by atoms with Gasteiger partial charge in [-0.1, -0.05) is 0 Å². The lowest BCUT2D eigenvalue weighted by Gasteiger charge is -2.41. The summed E-state index contributed by atoms with van der Waals surface area (Å²) in [6.45, 7) is 10.9. The highest BCUT2D eigenvalue weighted by molar-refractivity contribution is 5.75. The second-order valence-corrected chi connectivity index (χ2v) is 8.32. The molecule has 0 aliphatic carbocycles. The van der Waals surface area contributed by atoms with Crippen LogP contribution in [-0.4, -0.2) is 70.4 Å². The predicted molar refractivity (Wildman–Crippen MR) is 91.3 cm³/mol. The maximum atomic E-state index is 12.3. The van der Waals surface area contributed by atoms with E-state index >= 15 is 0 Å². The first kappa shape index (κ1) is 21.1. The van der Waals surface area contributed by atoms with Crippen molar-refractivity contribution in [2.45, 2.75) is 65.2 Å². The number of carbonyl (C=O) groups is 3. The van der Waals surface area contributed by atoms with E-state index < -0.39 is 41.3 Å². The molecule has 144 valence electrons. The molecule has 2 amide bonds. The molecule has 0 saturated carbocycles. The van der Waals surface area contributed by atoms with Gasteiger partial charge in [0.15, 0.2) is 0 Å². The fourth-order valence-corrected chi connectivity index (χ4v) is 2.57. The molecule has 0 aromatic rings. The predicted octanol–water partition coefficient (Wildman–Crippen LogP) is 2.56. The first-order chi connectivity index (χ1) is 11.2. The molecule has 8 heteroatoms. The van der Waals surface area contributed by atoms with Gasteiger partial charge in [-0.15, -0.1) is 0 Å². The third kappa shape index (κ3) is 6.43. The molecule has 1 rings (SSSR count). The summed E-state index contributed by atoms with van der Waals surface area (Å²) in [5.74, 6) is -1.76. The molecule has 25 heavy (non-hydrogen) atoms. The molecule has 0 radical (unpaired) electrons. The molecule has 1 heterocycles. The molecule has 0 unspecified atom stereocenters. The Bertz CT molecular complexity index is 520. The van der Waals surface area contributed by atoms with Gasteiger partial charge in [-0.05, 0) is 48.0 Å². The van der Waals surface area contributed by atoms with Crippen LogP contribution in [0.25, 0.3) is 0 Å². The van der Waals surface area contributed by atoms with Crippen molar-refractivity contribution >= 4 is 18.2 Å². The number of carboxylic acid groups (broad SMARTS) is 1. The maximum absolute atomic E-state index is 12.3. The van der Waals surface area contributed by atoms with Gasteiger partial charge < -0.3 is 24.4 Å². The van der Waals surface area contributed by atoms with Gasteiger partial charge in [0.05, 0.1) is 12.0 Å². The normalized spacial score (nSPS) is 21.5. The SMILES string of the molecule is CN(C(=O)OC(C)(C)C)[C@H]1CN(C(=O)OC(C)(C)C)CC[C@H]1C(=O)O. The van der Waals surface area contributed by atoms with Crippen molar-refractivity contribution < 1.29 is 29.0 Å². The topological polar surface area (TPSA) is 96.4 Å². The average Bonchev–Trinajstić information content (AvgIpc) is 2.42. The Kier molecular flexibility index (Phi) is 6.31. The van der Waals surface area contributed by atoms with Crippen LogP contribution in [0.2, 0.25) is 0 Å². The monoisotopic (exact) mass is 358 g/mol. The number of piperidine rings is 1. The molecule has 1 N–H and O–H groups in total. The highest BCUT2D eigenvalue weighted by Crippen LogP contribution is 2.25. The third-order valence-electron chi connectivity index (χ3n) is 3.73. The number of hydrogen-bond donors (Lipinski definition) is 1. The summed E-state index contributed by atoms with van der Waals surface area (Å²) >= 11 is 0. The van der Waals surface area contributed by atoms with E-state index in [-0.39, 0.29) is 19.5 Å². The number of nitrogens with zero attached hydrogens (tertiary/aromatic N) is 2. The molecule has 0 bridgehead atoms. The van der Waals surface area contributed by atoms with Crippen molar-refractivity contribution in [2.75, 3.05) is 20.1 Å². The van der Waals surface area contributed by atoms with Crippen molar-refractivity contribution in [1.82, 2.24) is 9.80 Å². The molecule has 1 saturated heterocycles. The molecule has 1 aliphatic heterocycles. The number of carboxylic acids is 1. The van der Waals surface area contributed by atoms with E-state index in [1.807, 2.05) is 0 Å². The van der Waals surface area contributed by atoms with Gasteiger partial charge in [0.1, 0.15) is 11.2 Å². The first-order valence-corrected chi connectivity index (χ1v) is 8.38. The summed E-state index contributed by atoms with van der Waals surface area (Å²) < 4.78 is 10.7. The third-order valence-corrected chi connectivity index (χ3v) is 3.73. The second kappa shape index (κ2) is 7.49. The number of rotatable bonds is 2. The minimum absolute atomic E-state index is 0.0849. The Morgan fingerprint density at radius 1 is 1.04 bits per heavy atom. The van der Waals surface area contributed by atoms with Crippen molar-refractivity contribution in [3.05, 3.63) is 0 Å². The zero-order chi connectivity index (χ0) is 19.6. The fraction of sp³-hybridized carbons (Fsp3) is 0.824. The quantitative estimate of drug-likeness (QED) is 0.815. The van der Waals surface area contributed by atoms with Crippen molar-refractivity contribution in [3.63, 3.8) is 0 Å². The van der Waals surface area contributed by atoms with Crippen molar-refractivity contribution in [2.24, 2.45) is 5.92 Å². The average molecular weight is 358 g/mol. The molecule has 8 nitrogen and oxygen atoms in total. The minimum Gasteiger partial charge on any atom is -0.481 e. The Morgan fingerprint density at radius 3 is 2.00 bits per heavy atom. The van der Waals surface area contributed by atoms with Gasteiger partial charge in [0, 0.05) is 20.1 Å². The molecule has 0 spiro atoms. The van der Waals surface area contributed by atoms with Crippen molar-refractivity contribution in [3.8, 4) is 0 Å². The Hall–Kier alpha value is -1.99. The zero-order valence-corrected chi connectivity index (χ0v) is 16.2. The number of hydrogen-bond acceptors (Lipinski definition) is 5. The summed E-state index contributed by atoms with van der Waals surface area (Å²) in [5.41, 5.74) is -1.34. The summed E-state index contributed by atoms with van der Waals surface area (Å²) in [6, 6.07) is -0.686. The number of aliphatic carboxylic acids is 1. The van der Waals surface area contributed by atoms with E-state index in [9.17, 15) is 19.5 Å². The summed E-state index contributed by atoms with van der Waals surface area (Å²) in [6.07, 6.45) is -0.888. The van der Waals surface area contributed by atoms with Crippen LogP contribution in [0.1, 0.15) is 48.0 Å². The highest BCUT2D eigenvalue weighted by Gasteiger charge is 2.41. The van der Waals surface area contributed by atoms with E-state index in [4.69, 9.17) is 9.47 Å². The largest absolute Gasteiger partial charge is 0.481 e. The van der Waals surface area contributed by atoms with Crippen LogP contribution in [0.3, 0.4) is 0 Å². The fourth-order valence-electron chi connectivity index (χ4n) is 2.57. The lowest BCUT2D eigenvalue weighted by molar-refractivity contribution is -0.146. The smallest absolute Gasteiger partial charge is 0.410 e. The molecular formula is C17H30N2O6. The van der Waals surface area contributed by atoms with Crippen LogP contribution < -0.4 is 0 Å². The van der Waals surface area contributed by atoms with Gasteiger partial charge in [-0.2, -0.15) is 0 Å². The summed E-state index contributed by atoms with van der Waals surface area (Å²) in [4.78, 5) is 38.9. The van der Waals surface area contributed by atoms with Gasteiger partial charge in [-0.25, -0.2) is 9.59 Å². The maximum Gasteiger partial charge on any atom is 0.410 e. The second-order valence-electron chi connectivity index (χ2n) is 8.32. The molecule has 1 aliphatic rings. The van der Waals surface area contributed by atoms with Crippen LogP contribution in [0.5, 0.6) is 0 Å². The number of likely N-dealkylation sites (N-methyl/N-ethyl adjacent to an activating group) is 1. The van der Waals surface area contributed by atoms with E-state index in [1.165, 1.54) is 16.8 Å². The van der Waals surface area contributed by atoms with E-state index in [2.05, 4.69) is 0 Å². The van der Waals surface area contributed by atoms with Crippen molar-refractivity contribution in [1.29, 1.82) is 0 Å². The van der Waals surface area contributed by atoms with Crippen LogP contribution in [0.15, 0.2) is 0 Å². The standard InChI is InChI=1S/C17H30N2O6/c1-16(2,3)24-14(22)18(7)12-10-19(9-8-11(12)13(20)21)15(23)25-17(4,5)6/h11-12H,8-10H2,1-7H3,(H,20,21)/t11-,12+/m1/s1. The lowest BCUT2D eigenvalue weighted by atomic mass is 9.91. The Labute approximate surface area is 149 Å². The number of amides is 2. The van der Waals surface area contributed by atoms with Gasteiger partial charge in [0.25, 0.3) is 0 Å². The molecule has 0 aromatic heterocycles. The molecular weight excluding hydrogens is 328 g/mol. The number of carbonyl (C=O) groups excluding carboxylic acids is 2. The zero-order valence-electron chi connectivity index (χ0n) is 16.2. The van der Waals surface area contributed by atoms with Gasteiger partial charge >= 0.3 is 18.2 Å². The Morgan fingerprint density at radius 2 is 1.56 bits per heavy atom. The van der Waals surface area contributed by atoms with Crippen LogP contribution in [0.4, 0.5) is 9.59 Å². The Balaban J connectivity index is 2.92. The summed E-state index contributed by atoms with van der Waals surface area (Å²) in [5, 5.41) is 9.47. The van der Waals surface area contributed by atoms with E-state index in [1.54, 1.807) is 41.5 Å². The van der Waals surface area contributed by atoms with E-state index in [0.29, 0.717) is 0 Å².